The molecule has 134 valence electrons. The SMILES string of the molecule is CCOC(=O)NC(CNC(=NC)N1CCC(C)(C)C1)C1CC1.I. The Balaban J connectivity index is 0.00000264. The Bertz CT molecular complexity index is 424. The molecule has 0 aromatic heterocycles. The average molecular weight is 438 g/mol. The molecule has 1 saturated carbocycles. The predicted molar refractivity (Wildman–Crippen MR) is 103 cm³/mol. The van der Waals surface area contributed by atoms with Crippen molar-refractivity contribution in [1.29, 1.82) is 0 Å². The second-order valence-corrected chi connectivity index (χ2v) is 7.07. The lowest BCUT2D eigenvalue weighted by atomic mass is 9.93. The predicted octanol–water partition coefficient (Wildman–Crippen LogP) is 2.44. The summed E-state index contributed by atoms with van der Waals surface area (Å²) >= 11 is 0. The first kappa shape index (κ1) is 20.3. The Kier molecular flexibility index (Phi) is 7.89. The molecule has 2 fully saturated rings. The van der Waals surface area contributed by atoms with E-state index in [1.54, 1.807) is 0 Å². The fourth-order valence-corrected chi connectivity index (χ4v) is 2.99. The van der Waals surface area contributed by atoms with E-state index in [4.69, 9.17) is 4.74 Å². The van der Waals surface area contributed by atoms with E-state index in [0.717, 1.165) is 19.0 Å². The molecule has 0 aromatic rings. The molecule has 0 aromatic carbocycles. The van der Waals surface area contributed by atoms with Crippen molar-refractivity contribution in [2.45, 2.75) is 46.1 Å². The van der Waals surface area contributed by atoms with E-state index in [9.17, 15) is 4.79 Å². The molecule has 1 unspecified atom stereocenters. The van der Waals surface area contributed by atoms with E-state index in [-0.39, 0.29) is 36.1 Å². The van der Waals surface area contributed by atoms with Gasteiger partial charge in [-0.1, -0.05) is 13.8 Å². The van der Waals surface area contributed by atoms with Gasteiger partial charge in [-0.2, -0.15) is 0 Å². The first-order chi connectivity index (χ1) is 10.4. The number of hydrogen-bond acceptors (Lipinski definition) is 3. The number of nitrogens with zero attached hydrogens (tertiary/aromatic N) is 2. The van der Waals surface area contributed by atoms with Crippen molar-refractivity contribution in [2.24, 2.45) is 16.3 Å². The van der Waals surface area contributed by atoms with E-state index in [2.05, 4.69) is 34.4 Å². The van der Waals surface area contributed by atoms with Crippen LogP contribution in [-0.2, 0) is 4.74 Å². The summed E-state index contributed by atoms with van der Waals surface area (Å²) in [5.41, 5.74) is 0.344. The zero-order valence-electron chi connectivity index (χ0n) is 14.7. The van der Waals surface area contributed by atoms with Gasteiger partial charge in [0.15, 0.2) is 5.96 Å². The van der Waals surface area contributed by atoms with Crippen molar-refractivity contribution in [3.05, 3.63) is 0 Å². The zero-order chi connectivity index (χ0) is 16.2. The Labute approximate surface area is 156 Å². The quantitative estimate of drug-likeness (QED) is 0.393. The largest absolute Gasteiger partial charge is 0.450 e. The monoisotopic (exact) mass is 438 g/mol. The molecule has 1 amide bonds. The average Bonchev–Trinajstić information content (AvgIpc) is 3.23. The number of nitrogens with one attached hydrogen (secondary N) is 2. The summed E-state index contributed by atoms with van der Waals surface area (Å²) in [6.45, 7) is 9.55. The van der Waals surface area contributed by atoms with Gasteiger partial charge in [-0.05, 0) is 37.5 Å². The lowest BCUT2D eigenvalue weighted by molar-refractivity contribution is 0.146. The van der Waals surface area contributed by atoms with Crippen molar-refractivity contribution in [3.8, 4) is 0 Å². The van der Waals surface area contributed by atoms with E-state index < -0.39 is 0 Å². The standard InChI is InChI=1S/C16H30N4O2.HI/c1-5-22-15(21)19-13(12-6-7-12)10-18-14(17-4)20-9-8-16(2,3)11-20;/h12-13H,5-11H2,1-4H3,(H,17,18)(H,19,21);1H. The number of alkyl carbamates (subject to hydrolysis) is 1. The van der Waals surface area contributed by atoms with E-state index in [1.165, 1.54) is 19.3 Å². The molecule has 23 heavy (non-hydrogen) atoms. The van der Waals surface area contributed by atoms with Crippen molar-refractivity contribution in [2.75, 3.05) is 33.3 Å². The summed E-state index contributed by atoms with van der Waals surface area (Å²) in [4.78, 5) is 18.3. The van der Waals surface area contributed by atoms with Crippen LogP contribution in [0.25, 0.3) is 0 Å². The number of rotatable bonds is 5. The molecule has 2 aliphatic rings. The van der Waals surface area contributed by atoms with Crippen LogP contribution in [0.1, 0.15) is 40.0 Å². The van der Waals surface area contributed by atoms with Gasteiger partial charge in [0.1, 0.15) is 0 Å². The normalized spacial score (nSPS) is 21.4. The Hall–Kier alpha value is -0.730. The fourth-order valence-electron chi connectivity index (χ4n) is 2.99. The summed E-state index contributed by atoms with van der Waals surface area (Å²) in [5.74, 6) is 1.49. The maximum atomic E-state index is 11.6. The van der Waals surface area contributed by atoms with Gasteiger partial charge in [0.05, 0.1) is 12.6 Å². The van der Waals surface area contributed by atoms with Gasteiger partial charge < -0.3 is 20.3 Å². The van der Waals surface area contributed by atoms with Crippen LogP contribution in [0.15, 0.2) is 4.99 Å². The minimum Gasteiger partial charge on any atom is -0.450 e. The van der Waals surface area contributed by atoms with Crippen molar-refractivity contribution < 1.29 is 9.53 Å². The van der Waals surface area contributed by atoms with E-state index >= 15 is 0 Å². The minimum atomic E-state index is -0.321. The summed E-state index contributed by atoms with van der Waals surface area (Å²) in [7, 11) is 1.82. The third kappa shape index (κ3) is 6.35. The molecule has 7 heteroatoms. The number of amides is 1. The molecule has 1 aliphatic heterocycles. The van der Waals surface area contributed by atoms with Gasteiger partial charge in [-0.25, -0.2) is 4.79 Å². The number of halogens is 1. The van der Waals surface area contributed by atoms with E-state index in [0.29, 0.717) is 24.5 Å². The maximum Gasteiger partial charge on any atom is 0.407 e. The third-order valence-electron chi connectivity index (χ3n) is 4.44. The van der Waals surface area contributed by atoms with Crippen LogP contribution < -0.4 is 10.6 Å². The molecular formula is C16H31IN4O2. The summed E-state index contributed by atoms with van der Waals surface area (Å²) in [6.07, 6.45) is 3.21. The molecule has 0 bridgehead atoms. The first-order valence-electron chi connectivity index (χ1n) is 8.34. The molecule has 1 aliphatic carbocycles. The number of guanidine groups is 1. The van der Waals surface area contributed by atoms with Crippen LogP contribution >= 0.6 is 24.0 Å². The summed E-state index contributed by atoms with van der Waals surface area (Å²) in [6, 6.07) is 0.117. The Morgan fingerprint density at radius 1 is 1.43 bits per heavy atom. The van der Waals surface area contributed by atoms with E-state index in [1.807, 2.05) is 14.0 Å². The molecule has 1 heterocycles. The second-order valence-electron chi connectivity index (χ2n) is 7.07. The number of hydrogen-bond donors (Lipinski definition) is 2. The molecule has 2 N–H and O–H groups in total. The van der Waals surface area contributed by atoms with Crippen molar-refractivity contribution in [1.82, 2.24) is 15.5 Å². The Morgan fingerprint density at radius 3 is 2.61 bits per heavy atom. The second kappa shape index (κ2) is 8.94. The van der Waals surface area contributed by atoms with Crippen LogP contribution in [0.4, 0.5) is 4.79 Å². The molecule has 6 nitrogen and oxygen atoms in total. The smallest absolute Gasteiger partial charge is 0.407 e. The van der Waals surface area contributed by atoms with Crippen molar-refractivity contribution in [3.63, 3.8) is 0 Å². The van der Waals surface area contributed by atoms with Gasteiger partial charge in [-0.3, -0.25) is 4.99 Å². The number of likely N-dealkylation sites (tertiary alicyclic amines) is 1. The number of carbonyl (C=O) groups is 1. The molecule has 0 radical (unpaired) electrons. The third-order valence-corrected chi connectivity index (χ3v) is 4.44. The lowest BCUT2D eigenvalue weighted by Gasteiger charge is -2.26. The molecular weight excluding hydrogens is 407 g/mol. The minimum absolute atomic E-state index is 0. The Morgan fingerprint density at radius 2 is 2.13 bits per heavy atom. The van der Waals surface area contributed by atoms with Gasteiger partial charge in [0.2, 0.25) is 0 Å². The topological polar surface area (TPSA) is 66.0 Å². The molecule has 2 rings (SSSR count). The summed E-state index contributed by atoms with van der Waals surface area (Å²) in [5, 5.41) is 6.39. The highest BCUT2D eigenvalue weighted by atomic mass is 127. The molecule has 1 atom stereocenters. The van der Waals surface area contributed by atoms with Crippen molar-refractivity contribution >= 4 is 36.0 Å². The molecule has 0 spiro atoms. The highest BCUT2D eigenvalue weighted by Crippen LogP contribution is 2.32. The summed E-state index contributed by atoms with van der Waals surface area (Å²) < 4.78 is 4.99. The van der Waals surface area contributed by atoms with Gasteiger partial charge in [0, 0.05) is 26.7 Å². The fraction of sp³-hybridized carbons (Fsp3) is 0.875. The number of aliphatic imine (C=N–C) groups is 1. The highest BCUT2D eigenvalue weighted by molar-refractivity contribution is 14.0. The van der Waals surface area contributed by atoms with Gasteiger partial charge in [-0.15, -0.1) is 24.0 Å². The maximum absolute atomic E-state index is 11.6. The van der Waals surface area contributed by atoms with Gasteiger partial charge >= 0.3 is 6.09 Å². The van der Waals surface area contributed by atoms with Crippen LogP contribution in [0, 0.1) is 11.3 Å². The number of carbonyl (C=O) groups excluding carboxylic acids is 1. The van der Waals surface area contributed by atoms with Crippen LogP contribution in [0.5, 0.6) is 0 Å². The van der Waals surface area contributed by atoms with Gasteiger partial charge in [0.25, 0.3) is 0 Å². The van der Waals surface area contributed by atoms with Crippen LogP contribution in [0.3, 0.4) is 0 Å². The van der Waals surface area contributed by atoms with Crippen LogP contribution in [0.2, 0.25) is 0 Å². The first-order valence-corrected chi connectivity index (χ1v) is 8.34. The number of ether oxygens (including phenoxy) is 1. The highest BCUT2D eigenvalue weighted by Gasteiger charge is 2.34. The molecule has 1 saturated heterocycles. The van der Waals surface area contributed by atoms with Crippen LogP contribution in [-0.4, -0.2) is 56.3 Å². The zero-order valence-corrected chi connectivity index (χ0v) is 17.1. The lowest BCUT2D eigenvalue weighted by Crippen LogP contribution is -2.49.